The minimum atomic E-state index is 0.603. The van der Waals surface area contributed by atoms with Gasteiger partial charge in [0.2, 0.25) is 0 Å². The number of hydrogen-bond acceptors (Lipinski definition) is 0. The molecular formula is C27H53N2+. The normalized spacial score (nSPS) is 13.7. The van der Waals surface area contributed by atoms with Crippen LogP contribution in [0, 0.1) is 0 Å². The lowest BCUT2D eigenvalue weighted by atomic mass is 9.96. The zero-order valence-corrected chi connectivity index (χ0v) is 20.5. The van der Waals surface area contributed by atoms with Gasteiger partial charge < -0.3 is 0 Å². The second-order valence-corrected chi connectivity index (χ2v) is 9.35. The molecule has 2 nitrogen and oxygen atoms in total. The van der Waals surface area contributed by atoms with Crippen molar-refractivity contribution >= 4 is 0 Å². The highest BCUT2D eigenvalue weighted by Crippen LogP contribution is 2.24. The van der Waals surface area contributed by atoms with Gasteiger partial charge in [-0.1, -0.05) is 117 Å². The van der Waals surface area contributed by atoms with Gasteiger partial charge in [0.05, 0.1) is 12.0 Å². The number of rotatable bonds is 20. The van der Waals surface area contributed by atoms with Gasteiger partial charge >= 0.3 is 0 Å². The fraction of sp³-hybridized carbons (Fsp3) is 0.889. The molecule has 0 bridgehead atoms. The molecule has 1 heterocycles. The van der Waals surface area contributed by atoms with Gasteiger partial charge in [0, 0.05) is 0 Å². The monoisotopic (exact) mass is 405 g/mol. The number of aromatic nitrogens is 2. The van der Waals surface area contributed by atoms with Crippen LogP contribution in [0.5, 0.6) is 0 Å². The first-order chi connectivity index (χ1) is 14.2. The molecule has 0 aromatic carbocycles. The quantitative estimate of drug-likeness (QED) is 0.165. The van der Waals surface area contributed by atoms with Crippen molar-refractivity contribution in [3.05, 3.63) is 18.2 Å². The summed E-state index contributed by atoms with van der Waals surface area (Å²) in [6.45, 7) is 9.26. The minimum absolute atomic E-state index is 0.603. The highest BCUT2D eigenvalue weighted by molar-refractivity contribution is 4.89. The first-order valence-electron chi connectivity index (χ1n) is 13.3. The van der Waals surface area contributed by atoms with Crippen LogP contribution in [0.4, 0.5) is 0 Å². The molecule has 0 aliphatic heterocycles. The molecule has 1 aromatic heterocycles. The molecular weight excluding hydrogens is 352 g/mol. The average Bonchev–Trinajstić information content (AvgIpc) is 3.22. The van der Waals surface area contributed by atoms with E-state index in [1.165, 1.54) is 121 Å². The lowest BCUT2D eigenvalue weighted by Crippen LogP contribution is -2.40. The molecule has 0 aliphatic carbocycles. The third kappa shape index (κ3) is 11.8. The Labute approximate surface area is 183 Å². The Morgan fingerprint density at radius 2 is 1.17 bits per heavy atom. The number of imidazole rings is 1. The molecule has 0 aliphatic rings. The number of unbranched alkanes of at least 4 members (excludes halogenated alkanes) is 14. The fourth-order valence-corrected chi connectivity index (χ4v) is 4.56. The van der Waals surface area contributed by atoms with Crippen molar-refractivity contribution in [1.82, 2.24) is 4.98 Å². The molecule has 0 saturated carbocycles. The van der Waals surface area contributed by atoms with Gasteiger partial charge in [-0.25, -0.2) is 9.55 Å². The van der Waals surface area contributed by atoms with Gasteiger partial charge in [-0.3, -0.25) is 0 Å². The minimum Gasteiger partial charge on any atom is -0.247 e. The lowest BCUT2D eigenvalue weighted by molar-refractivity contribution is -0.726. The summed E-state index contributed by atoms with van der Waals surface area (Å²) in [4.78, 5) is 3.54. The summed E-state index contributed by atoms with van der Waals surface area (Å²) in [5.74, 6) is 2.15. The van der Waals surface area contributed by atoms with Crippen molar-refractivity contribution in [2.45, 2.75) is 155 Å². The molecule has 1 aromatic rings. The van der Waals surface area contributed by atoms with E-state index in [4.69, 9.17) is 0 Å². The molecule has 1 rings (SSSR count). The summed E-state index contributed by atoms with van der Waals surface area (Å²) >= 11 is 0. The average molecular weight is 406 g/mol. The molecule has 0 amide bonds. The van der Waals surface area contributed by atoms with E-state index in [1.54, 1.807) is 0 Å². The van der Waals surface area contributed by atoms with Gasteiger partial charge in [0.25, 0.3) is 5.82 Å². The summed E-state index contributed by atoms with van der Waals surface area (Å²) in [5, 5.41) is 0. The summed E-state index contributed by atoms with van der Waals surface area (Å²) in [6.07, 6.45) is 29.8. The van der Waals surface area contributed by atoms with Crippen LogP contribution in [0.3, 0.4) is 0 Å². The number of aromatic amines is 1. The van der Waals surface area contributed by atoms with Crippen LogP contribution in [0.1, 0.15) is 161 Å². The Kier molecular flexibility index (Phi) is 16.3. The third-order valence-electron chi connectivity index (χ3n) is 6.85. The molecule has 0 radical (unpaired) electrons. The molecule has 2 unspecified atom stereocenters. The van der Waals surface area contributed by atoms with Crippen molar-refractivity contribution < 1.29 is 4.57 Å². The van der Waals surface area contributed by atoms with Crippen molar-refractivity contribution in [3.8, 4) is 0 Å². The molecule has 0 fully saturated rings. The van der Waals surface area contributed by atoms with Crippen LogP contribution in [0.25, 0.3) is 0 Å². The van der Waals surface area contributed by atoms with E-state index in [0.717, 1.165) is 0 Å². The number of nitrogens with one attached hydrogen (secondary N) is 1. The van der Waals surface area contributed by atoms with Gasteiger partial charge in [-0.15, -0.1) is 0 Å². The highest BCUT2D eigenvalue weighted by atomic mass is 15.1. The predicted octanol–water partition coefficient (Wildman–Crippen LogP) is 9.03. The van der Waals surface area contributed by atoms with Crippen LogP contribution >= 0.6 is 0 Å². The number of hydrogen-bond donors (Lipinski definition) is 1. The summed E-state index contributed by atoms with van der Waals surface area (Å²) < 4.78 is 2.47. The summed E-state index contributed by atoms with van der Waals surface area (Å²) in [5.41, 5.74) is 0. The van der Waals surface area contributed by atoms with Crippen LogP contribution < -0.4 is 4.57 Å². The number of nitrogens with zero attached hydrogens (tertiary/aromatic N) is 1. The van der Waals surface area contributed by atoms with Gasteiger partial charge in [0.15, 0.2) is 0 Å². The standard InChI is InChI=1S/C27H52N2/c1-5-8-9-10-11-12-13-14-15-16-17-18-19-20-21-22-26(7-3)27-28-23-24-29(27)25(4)6-2/h23-26H,5-22H2,1-4H3/p+1. The van der Waals surface area contributed by atoms with E-state index in [2.05, 4.69) is 49.6 Å². The molecule has 29 heavy (non-hydrogen) atoms. The van der Waals surface area contributed by atoms with Crippen molar-refractivity contribution in [2.75, 3.05) is 0 Å². The second-order valence-electron chi connectivity index (χ2n) is 9.35. The number of H-pyrrole nitrogens is 1. The van der Waals surface area contributed by atoms with Crippen LogP contribution in [0.15, 0.2) is 12.4 Å². The molecule has 0 saturated heterocycles. The van der Waals surface area contributed by atoms with Crippen LogP contribution in [-0.4, -0.2) is 4.98 Å². The molecule has 2 heteroatoms. The van der Waals surface area contributed by atoms with Gasteiger partial charge in [0.1, 0.15) is 12.4 Å². The summed E-state index contributed by atoms with van der Waals surface area (Å²) in [7, 11) is 0. The zero-order valence-electron chi connectivity index (χ0n) is 20.5. The lowest BCUT2D eigenvalue weighted by Gasteiger charge is -2.14. The SMILES string of the molecule is CCCCCCCCCCCCCCCCCC(CC)c1[nH]cc[n+]1C(C)CC. The van der Waals surface area contributed by atoms with Crippen molar-refractivity contribution in [1.29, 1.82) is 0 Å². The Bertz CT molecular complexity index is 465. The summed E-state index contributed by atoms with van der Waals surface area (Å²) in [6, 6.07) is 0.603. The van der Waals surface area contributed by atoms with E-state index < -0.39 is 0 Å². The zero-order chi connectivity index (χ0) is 21.2. The van der Waals surface area contributed by atoms with E-state index in [-0.39, 0.29) is 0 Å². The first kappa shape index (κ1) is 26.2. The maximum absolute atomic E-state index is 3.54. The van der Waals surface area contributed by atoms with Crippen molar-refractivity contribution in [3.63, 3.8) is 0 Å². The van der Waals surface area contributed by atoms with E-state index in [0.29, 0.717) is 12.0 Å². The largest absolute Gasteiger partial charge is 0.257 e. The van der Waals surface area contributed by atoms with Gasteiger partial charge in [-0.05, 0) is 26.2 Å². The fourth-order valence-electron chi connectivity index (χ4n) is 4.56. The molecule has 2 atom stereocenters. The maximum Gasteiger partial charge on any atom is 0.257 e. The smallest absolute Gasteiger partial charge is 0.247 e. The Hall–Kier alpha value is -0.790. The maximum atomic E-state index is 3.54. The second kappa shape index (κ2) is 18.0. The van der Waals surface area contributed by atoms with E-state index in [1.807, 2.05) is 0 Å². The van der Waals surface area contributed by atoms with Crippen LogP contribution in [0.2, 0.25) is 0 Å². The topological polar surface area (TPSA) is 19.7 Å². The Balaban J connectivity index is 1.98. The Morgan fingerprint density at radius 1 is 0.690 bits per heavy atom. The highest BCUT2D eigenvalue weighted by Gasteiger charge is 2.23. The first-order valence-corrected chi connectivity index (χ1v) is 13.3. The van der Waals surface area contributed by atoms with E-state index >= 15 is 0 Å². The third-order valence-corrected chi connectivity index (χ3v) is 6.85. The van der Waals surface area contributed by atoms with Crippen LogP contribution in [-0.2, 0) is 0 Å². The van der Waals surface area contributed by atoms with E-state index in [9.17, 15) is 0 Å². The molecule has 1 N–H and O–H groups in total. The van der Waals surface area contributed by atoms with Gasteiger partial charge in [-0.2, -0.15) is 0 Å². The van der Waals surface area contributed by atoms with Crippen molar-refractivity contribution in [2.24, 2.45) is 0 Å². The Morgan fingerprint density at radius 3 is 1.62 bits per heavy atom. The molecule has 0 spiro atoms. The molecule has 170 valence electrons. The predicted molar refractivity (Wildman–Crippen MR) is 129 cm³/mol.